The van der Waals surface area contributed by atoms with Gasteiger partial charge in [0.05, 0.1) is 0 Å². The molecule has 0 aromatic rings. The van der Waals surface area contributed by atoms with Crippen molar-refractivity contribution in [2.75, 3.05) is 0 Å². The predicted molar refractivity (Wildman–Crippen MR) is 7.23 cm³/mol. The maximum Gasteiger partial charge on any atom is 1.00 e. The Morgan fingerprint density at radius 2 is 0.750 bits per heavy atom. The molecule has 4 heteroatoms. The van der Waals surface area contributed by atoms with Crippen LogP contribution in [0.3, 0.4) is 0 Å². The quantitative estimate of drug-likeness (QED) is 0.322. The molecule has 4 heavy (non-hydrogen) atoms. The fraction of sp³-hybridized carbons (Fsp3) is 0. The van der Waals surface area contributed by atoms with Gasteiger partial charge in [-0.3, -0.25) is 0 Å². The van der Waals surface area contributed by atoms with Crippen molar-refractivity contribution in [2.45, 2.75) is 0 Å². The van der Waals surface area contributed by atoms with Crippen molar-refractivity contribution in [3.63, 3.8) is 0 Å². The molecule has 0 amide bonds. The molecule has 4 N–H and O–H groups in total. The molecule has 0 saturated carbocycles. The normalized spacial score (nSPS) is 0. The largest absolute Gasteiger partial charge is 1.00 e. The van der Waals surface area contributed by atoms with E-state index in [-0.39, 0.29) is 38.0 Å². The zero-order chi connectivity index (χ0) is 0. The van der Waals surface area contributed by atoms with Crippen LogP contribution in [0.1, 0.15) is 0 Å². The van der Waals surface area contributed by atoms with Crippen LogP contribution in [0.2, 0.25) is 0 Å². The average molecular weight is 163 g/mol. The van der Waals surface area contributed by atoms with E-state index in [0.29, 0.717) is 0 Å². The van der Waals surface area contributed by atoms with Crippen molar-refractivity contribution >= 4 is 0 Å². The van der Waals surface area contributed by atoms with Crippen LogP contribution in [0.5, 0.6) is 0 Å². The van der Waals surface area contributed by atoms with Gasteiger partial charge in [-0.2, -0.15) is 0 Å². The minimum atomic E-state index is 0. The summed E-state index contributed by atoms with van der Waals surface area (Å²) in [5, 5.41) is 0. The van der Waals surface area contributed by atoms with Gasteiger partial charge >= 0.3 is 22.4 Å². The van der Waals surface area contributed by atoms with Crippen LogP contribution in [-0.4, -0.2) is 11.0 Å². The third-order valence-electron chi connectivity index (χ3n) is 0. The standard InChI is InChI=1S/Ag.FH.2H2O/h;1H;2*1H2/q+1;;;/p-1. The van der Waals surface area contributed by atoms with E-state index in [1.165, 1.54) is 0 Å². The second kappa shape index (κ2) is 69.1. The maximum absolute atomic E-state index is 0. The predicted octanol–water partition coefficient (Wildman–Crippen LogP) is -4.65. The van der Waals surface area contributed by atoms with Crippen molar-refractivity contribution in [2.24, 2.45) is 0 Å². The van der Waals surface area contributed by atoms with E-state index in [1.54, 1.807) is 0 Å². The van der Waals surface area contributed by atoms with Gasteiger partial charge in [0.2, 0.25) is 0 Å². The molecular weight excluding hydrogens is 159 g/mol. The van der Waals surface area contributed by atoms with Gasteiger partial charge in [0.15, 0.2) is 0 Å². The Morgan fingerprint density at radius 3 is 0.750 bits per heavy atom. The summed E-state index contributed by atoms with van der Waals surface area (Å²) >= 11 is 0. The van der Waals surface area contributed by atoms with Gasteiger partial charge in [0, 0.05) is 0 Å². The van der Waals surface area contributed by atoms with Crippen molar-refractivity contribution < 1.29 is 38.0 Å². The zero-order valence-corrected chi connectivity index (χ0v) is 3.16. The minimum Gasteiger partial charge on any atom is -1.00 e. The van der Waals surface area contributed by atoms with Crippen LogP contribution in [0.15, 0.2) is 0 Å². The smallest absolute Gasteiger partial charge is 1.00 e. The van der Waals surface area contributed by atoms with Gasteiger partial charge in [0.25, 0.3) is 0 Å². The first kappa shape index (κ1) is 170. The van der Waals surface area contributed by atoms with Crippen LogP contribution < -0.4 is 4.70 Å². The average Bonchev–Trinajstić information content (AvgIpc) is 0. The number of halogens is 1. The minimum absolute atomic E-state index is 0. The molecular formula is H4AgFO2. The van der Waals surface area contributed by atoms with Crippen LogP contribution >= 0.6 is 0 Å². The molecule has 0 aliphatic carbocycles. The molecule has 0 atom stereocenters. The Kier molecular flexibility index (Phi) is 2940. The van der Waals surface area contributed by atoms with Crippen LogP contribution in [-0.2, 0) is 22.4 Å². The van der Waals surface area contributed by atoms with Gasteiger partial charge in [-0.1, -0.05) is 0 Å². The molecule has 2 nitrogen and oxygen atoms in total. The van der Waals surface area contributed by atoms with Gasteiger partial charge in [-0.25, -0.2) is 0 Å². The molecule has 0 aliphatic heterocycles. The van der Waals surface area contributed by atoms with Gasteiger partial charge in [-0.15, -0.1) is 0 Å². The summed E-state index contributed by atoms with van der Waals surface area (Å²) in [6, 6.07) is 0. The molecule has 0 radical (unpaired) electrons. The summed E-state index contributed by atoms with van der Waals surface area (Å²) < 4.78 is 0. The molecule has 0 fully saturated rings. The third-order valence-corrected chi connectivity index (χ3v) is 0. The molecule has 0 aromatic heterocycles. The second-order valence-corrected chi connectivity index (χ2v) is 0. The van der Waals surface area contributed by atoms with E-state index in [0.717, 1.165) is 0 Å². The van der Waals surface area contributed by atoms with Crippen LogP contribution in [0.4, 0.5) is 0 Å². The zero-order valence-electron chi connectivity index (χ0n) is 1.68. The first-order valence-corrected chi connectivity index (χ1v) is 0. The molecule has 0 heterocycles. The molecule has 0 bridgehead atoms. The molecule has 0 aromatic carbocycles. The summed E-state index contributed by atoms with van der Waals surface area (Å²) in [7, 11) is 0. The SMILES string of the molecule is O.O.[Ag+].[F-]. The van der Waals surface area contributed by atoms with Gasteiger partial charge in [0.1, 0.15) is 0 Å². The number of hydrogen-bond donors (Lipinski definition) is 0. The van der Waals surface area contributed by atoms with Crippen molar-refractivity contribution in [1.29, 1.82) is 0 Å². The van der Waals surface area contributed by atoms with E-state index in [1.807, 2.05) is 0 Å². The van der Waals surface area contributed by atoms with Crippen molar-refractivity contribution in [3.05, 3.63) is 0 Å². The van der Waals surface area contributed by atoms with E-state index < -0.39 is 0 Å². The second-order valence-electron chi connectivity index (χ2n) is 0. The van der Waals surface area contributed by atoms with E-state index in [9.17, 15) is 0 Å². The number of rotatable bonds is 0. The summed E-state index contributed by atoms with van der Waals surface area (Å²) in [5.41, 5.74) is 0. The molecule has 0 spiro atoms. The molecule has 0 unspecified atom stereocenters. The van der Waals surface area contributed by atoms with Crippen LogP contribution in [0, 0.1) is 0 Å². The Labute approximate surface area is 38.7 Å². The maximum atomic E-state index is 0. The molecule has 0 aliphatic rings. The monoisotopic (exact) mass is 162 g/mol. The molecule has 0 saturated heterocycles. The third kappa shape index (κ3) is 18.8. The van der Waals surface area contributed by atoms with E-state index in [4.69, 9.17) is 0 Å². The summed E-state index contributed by atoms with van der Waals surface area (Å²) in [6.45, 7) is 0. The van der Waals surface area contributed by atoms with Gasteiger partial charge in [-0.05, 0) is 0 Å². The molecule has 0 rings (SSSR count). The fourth-order valence-corrected chi connectivity index (χ4v) is 0. The summed E-state index contributed by atoms with van der Waals surface area (Å²) in [5.74, 6) is 0. The molecule has 34 valence electrons. The Balaban J connectivity index is 0. The summed E-state index contributed by atoms with van der Waals surface area (Å²) in [4.78, 5) is 0. The fourth-order valence-electron chi connectivity index (χ4n) is 0. The van der Waals surface area contributed by atoms with Crippen molar-refractivity contribution in [1.82, 2.24) is 0 Å². The Morgan fingerprint density at radius 1 is 0.750 bits per heavy atom. The van der Waals surface area contributed by atoms with Crippen LogP contribution in [0.25, 0.3) is 0 Å². The van der Waals surface area contributed by atoms with Crippen molar-refractivity contribution in [3.8, 4) is 0 Å². The van der Waals surface area contributed by atoms with Gasteiger partial charge < -0.3 is 15.7 Å². The first-order chi connectivity index (χ1) is 0. The topological polar surface area (TPSA) is 63.0 Å². The summed E-state index contributed by atoms with van der Waals surface area (Å²) in [6.07, 6.45) is 0. The van der Waals surface area contributed by atoms with E-state index in [2.05, 4.69) is 0 Å². The van der Waals surface area contributed by atoms with E-state index >= 15 is 0 Å². The Hall–Kier alpha value is 0.590. The Bertz CT molecular complexity index is 6.00. The first-order valence-electron chi connectivity index (χ1n) is 0. The number of hydrogen-bond acceptors (Lipinski definition) is 0.